The number of hydrogen-bond donors (Lipinski definition) is 1. The summed E-state index contributed by atoms with van der Waals surface area (Å²) in [5.74, 6) is -0.379. The zero-order valence-electron chi connectivity index (χ0n) is 11.7. The van der Waals surface area contributed by atoms with Gasteiger partial charge < -0.3 is 14.4 Å². The van der Waals surface area contributed by atoms with Crippen molar-refractivity contribution in [2.24, 2.45) is 0 Å². The number of carbonyl (C=O) groups is 2. The summed E-state index contributed by atoms with van der Waals surface area (Å²) < 4.78 is 10.0. The quantitative estimate of drug-likeness (QED) is 0.703. The van der Waals surface area contributed by atoms with Gasteiger partial charge in [0.15, 0.2) is 0 Å². The Balaban J connectivity index is 2.69. The second-order valence-corrected chi connectivity index (χ2v) is 5.65. The summed E-state index contributed by atoms with van der Waals surface area (Å²) >= 11 is 0. The van der Waals surface area contributed by atoms with Crippen molar-refractivity contribution in [1.29, 1.82) is 0 Å². The van der Waals surface area contributed by atoms with E-state index in [1.807, 2.05) is 20.8 Å². The monoisotopic (exact) mass is 258 g/mol. The molecule has 0 aromatic rings. The van der Waals surface area contributed by atoms with Crippen LogP contribution < -0.4 is 5.32 Å². The highest BCUT2D eigenvalue weighted by Gasteiger charge is 2.41. The molecule has 0 saturated carbocycles. The number of hydrogen-bond acceptors (Lipinski definition) is 5. The minimum Gasteiger partial charge on any atom is -0.468 e. The van der Waals surface area contributed by atoms with E-state index in [9.17, 15) is 9.59 Å². The Morgan fingerprint density at radius 2 is 1.94 bits per heavy atom. The van der Waals surface area contributed by atoms with Crippen LogP contribution in [0.15, 0.2) is 0 Å². The number of carbonyl (C=O) groups excluding carboxylic acids is 2. The van der Waals surface area contributed by atoms with Crippen molar-refractivity contribution in [3.8, 4) is 0 Å². The van der Waals surface area contributed by atoms with Crippen molar-refractivity contribution in [2.75, 3.05) is 26.7 Å². The third kappa shape index (κ3) is 3.60. The molecule has 1 aliphatic rings. The van der Waals surface area contributed by atoms with Crippen LogP contribution in [-0.4, -0.2) is 54.8 Å². The summed E-state index contributed by atoms with van der Waals surface area (Å²) in [4.78, 5) is 25.1. The maximum absolute atomic E-state index is 11.9. The molecule has 18 heavy (non-hydrogen) atoms. The molecule has 1 rings (SSSR count). The molecule has 1 atom stereocenters. The molecule has 6 heteroatoms. The molecule has 1 unspecified atom stereocenters. The molecule has 0 bridgehead atoms. The van der Waals surface area contributed by atoms with Crippen LogP contribution in [0, 0.1) is 0 Å². The second kappa shape index (κ2) is 5.14. The van der Waals surface area contributed by atoms with Crippen LogP contribution >= 0.6 is 0 Å². The van der Waals surface area contributed by atoms with Crippen LogP contribution in [0.5, 0.6) is 0 Å². The summed E-state index contributed by atoms with van der Waals surface area (Å²) in [7, 11) is 1.34. The van der Waals surface area contributed by atoms with Crippen molar-refractivity contribution in [2.45, 2.75) is 38.8 Å². The van der Waals surface area contributed by atoms with Crippen LogP contribution in [0.25, 0.3) is 0 Å². The van der Waals surface area contributed by atoms with E-state index in [2.05, 4.69) is 5.32 Å². The Morgan fingerprint density at radius 1 is 1.33 bits per heavy atom. The number of esters is 1. The molecule has 0 aliphatic carbocycles. The van der Waals surface area contributed by atoms with Gasteiger partial charge in [0.2, 0.25) is 0 Å². The number of ether oxygens (including phenoxy) is 2. The standard InChI is InChI=1S/C12H22N2O4/c1-11(2,3)18-10(16)14-7-6-13-12(4,8-14)9(15)17-5/h13H,6-8H2,1-5H3. The van der Waals surface area contributed by atoms with E-state index in [-0.39, 0.29) is 12.5 Å². The van der Waals surface area contributed by atoms with Gasteiger partial charge in [0.25, 0.3) is 0 Å². The largest absolute Gasteiger partial charge is 0.468 e. The zero-order chi connectivity index (χ0) is 14.0. The van der Waals surface area contributed by atoms with E-state index in [4.69, 9.17) is 9.47 Å². The lowest BCUT2D eigenvalue weighted by molar-refractivity contribution is -0.149. The van der Waals surface area contributed by atoms with E-state index in [1.165, 1.54) is 12.0 Å². The first-order chi connectivity index (χ1) is 8.18. The molecular weight excluding hydrogens is 236 g/mol. The van der Waals surface area contributed by atoms with Crippen LogP contribution in [0.1, 0.15) is 27.7 Å². The number of methoxy groups -OCH3 is 1. The zero-order valence-corrected chi connectivity index (χ0v) is 11.7. The minimum absolute atomic E-state index is 0.245. The van der Waals surface area contributed by atoms with Gasteiger partial charge in [-0.2, -0.15) is 0 Å². The number of nitrogens with zero attached hydrogens (tertiary/aromatic N) is 1. The molecule has 1 amide bonds. The predicted octanol–water partition coefficient (Wildman–Crippen LogP) is 0.758. The van der Waals surface area contributed by atoms with Crippen molar-refractivity contribution >= 4 is 12.1 Å². The highest BCUT2D eigenvalue weighted by molar-refractivity contribution is 5.82. The van der Waals surface area contributed by atoms with Gasteiger partial charge in [-0.25, -0.2) is 9.59 Å². The highest BCUT2D eigenvalue weighted by Crippen LogP contribution is 2.16. The topological polar surface area (TPSA) is 67.9 Å². The number of piperazine rings is 1. The molecule has 0 spiro atoms. The van der Waals surface area contributed by atoms with Gasteiger partial charge in [-0.3, -0.25) is 5.32 Å². The molecule has 1 saturated heterocycles. The molecule has 0 radical (unpaired) electrons. The number of nitrogens with one attached hydrogen (secondary N) is 1. The maximum atomic E-state index is 11.9. The lowest BCUT2D eigenvalue weighted by Gasteiger charge is -2.39. The molecular formula is C12H22N2O4. The van der Waals surface area contributed by atoms with Gasteiger partial charge in [-0.1, -0.05) is 0 Å². The molecule has 1 fully saturated rings. The number of rotatable bonds is 1. The lowest BCUT2D eigenvalue weighted by Crippen LogP contribution is -2.64. The van der Waals surface area contributed by atoms with Crippen LogP contribution in [-0.2, 0) is 14.3 Å². The van der Waals surface area contributed by atoms with E-state index in [0.29, 0.717) is 13.1 Å². The second-order valence-electron chi connectivity index (χ2n) is 5.65. The molecule has 0 aromatic carbocycles. The Bertz CT molecular complexity index is 337. The highest BCUT2D eigenvalue weighted by atomic mass is 16.6. The fourth-order valence-corrected chi connectivity index (χ4v) is 1.83. The minimum atomic E-state index is -0.871. The Morgan fingerprint density at radius 3 is 2.44 bits per heavy atom. The first kappa shape index (κ1) is 14.8. The number of amides is 1. The fourth-order valence-electron chi connectivity index (χ4n) is 1.83. The van der Waals surface area contributed by atoms with Gasteiger partial charge in [0.1, 0.15) is 11.1 Å². The molecule has 1 aliphatic heterocycles. The van der Waals surface area contributed by atoms with E-state index in [0.717, 1.165) is 0 Å². The maximum Gasteiger partial charge on any atom is 0.410 e. The molecule has 0 aromatic heterocycles. The van der Waals surface area contributed by atoms with Crippen molar-refractivity contribution in [3.05, 3.63) is 0 Å². The molecule has 1 N–H and O–H groups in total. The predicted molar refractivity (Wildman–Crippen MR) is 66.2 cm³/mol. The normalized spacial score (nSPS) is 24.6. The van der Waals surface area contributed by atoms with Gasteiger partial charge in [-0.05, 0) is 27.7 Å². The third-order valence-electron chi connectivity index (χ3n) is 2.69. The van der Waals surface area contributed by atoms with Gasteiger partial charge in [0.05, 0.1) is 13.7 Å². The Kier molecular flexibility index (Phi) is 4.21. The fraction of sp³-hybridized carbons (Fsp3) is 0.833. The van der Waals surface area contributed by atoms with Crippen LogP contribution in [0.4, 0.5) is 4.79 Å². The summed E-state index contributed by atoms with van der Waals surface area (Å²) in [6, 6.07) is 0. The van der Waals surface area contributed by atoms with Crippen LogP contribution in [0.2, 0.25) is 0 Å². The van der Waals surface area contributed by atoms with Gasteiger partial charge >= 0.3 is 12.1 Å². The summed E-state index contributed by atoms with van der Waals surface area (Å²) in [6.07, 6.45) is -0.404. The molecule has 104 valence electrons. The summed E-state index contributed by atoms with van der Waals surface area (Å²) in [6.45, 7) is 8.45. The average Bonchev–Trinajstić information content (AvgIpc) is 2.25. The van der Waals surface area contributed by atoms with Gasteiger partial charge in [0, 0.05) is 13.1 Å². The van der Waals surface area contributed by atoms with Crippen molar-refractivity contribution < 1.29 is 19.1 Å². The first-order valence-electron chi connectivity index (χ1n) is 5.99. The molecule has 1 heterocycles. The first-order valence-corrected chi connectivity index (χ1v) is 5.99. The van der Waals surface area contributed by atoms with Crippen molar-refractivity contribution in [1.82, 2.24) is 10.2 Å². The Hall–Kier alpha value is -1.30. The third-order valence-corrected chi connectivity index (χ3v) is 2.69. The summed E-state index contributed by atoms with van der Waals surface area (Å²) in [5, 5.41) is 3.07. The average molecular weight is 258 g/mol. The van der Waals surface area contributed by atoms with Crippen LogP contribution in [0.3, 0.4) is 0 Å². The summed E-state index contributed by atoms with van der Waals surface area (Å²) in [5.41, 5.74) is -1.41. The van der Waals surface area contributed by atoms with E-state index >= 15 is 0 Å². The van der Waals surface area contributed by atoms with Crippen molar-refractivity contribution in [3.63, 3.8) is 0 Å². The lowest BCUT2D eigenvalue weighted by atomic mass is 10.00. The van der Waals surface area contributed by atoms with Gasteiger partial charge in [-0.15, -0.1) is 0 Å². The SMILES string of the molecule is COC(=O)C1(C)CN(C(=O)OC(C)(C)C)CCN1. The smallest absolute Gasteiger partial charge is 0.410 e. The Labute approximate surface area is 108 Å². The van der Waals surface area contributed by atoms with E-state index in [1.54, 1.807) is 6.92 Å². The molecule has 6 nitrogen and oxygen atoms in total. The van der Waals surface area contributed by atoms with E-state index < -0.39 is 17.2 Å².